The number of hydrogen-bond acceptors (Lipinski definition) is 5. The van der Waals surface area contributed by atoms with Crippen LogP contribution in [0, 0.1) is 89.5 Å². The Morgan fingerprint density at radius 1 is 0.326 bits per heavy atom. The van der Waals surface area contributed by atoms with E-state index in [-0.39, 0.29) is 78.8 Å². The lowest BCUT2D eigenvalue weighted by Gasteiger charge is -2.22. The molecule has 0 bridgehead atoms. The maximum absolute atomic E-state index is 14.7. The molecule has 2 aromatic heterocycles. The zero-order valence-electron chi connectivity index (χ0n) is 44.2. The maximum atomic E-state index is 14.7. The van der Waals surface area contributed by atoms with E-state index in [2.05, 4.69) is 54.6 Å². The van der Waals surface area contributed by atoms with Gasteiger partial charge in [-0.3, -0.25) is 0 Å². The number of aromatic nitrogens is 2. The summed E-state index contributed by atoms with van der Waals surface area (Å²) in [5, 5.41) is 53.7. The summed E-state index contributed by atoms with van der Waals surface area (Å²) in [5.74, 6) is 0. The molecule has 0 unspecified atom stereocenters. The second kappa shape index (κ2) is 20.9. The van der Waals surface area contributed by atoms with Crippen molar-refractivity contribution in [1.82, 2.24) is 9.13 Å². The van der Waals surface area contributed by atoms with Crippen LogP contribution in [-0.4, -0.2) is 9.13 Å². The highest BCUT2D eigenvalue weighted by atomic mass is 19.4. The molecule has 0 saturated heterocycles. The SMILES string of the molecule is [C-]#[N+]c1cc(C#N)cc(-c2ccc3c(c2)c2cc(-c4cc(C#N)cc(C#N)c4)ccc2n3-c2cc(C#N)cc(-n3c4ccc(-c5cc(C#N)cc([N+]#[C-])c5)cc4c4cc(-c5cc([N+]#[C-])cc([N+]#[C-])c5)ccc43)c2-c2ccc(C(F)(F)F)cc2[N+]#[C-])c1. The summed E-state index contributed by atoms with van der Waals surface area (Å²) in [5.41, 5.74) is 8.35. The number of benzene rings is 10. The molecule has 12 nitrogen and oxygen atoms in total. The number of halogens is 3. The van der Waals surface area contributed by atoms with Crippen molar-refractivity contribution < 1.29 is 13.2 Å². The fourth-order valence-electron chi connectivity index (χ4n) is 11.2. The molecule has 0 aliphatic rings. The topological polar surface area (TPSA) is 151 Å². The molecule has 12 aromatic rings. The molecule has 12 rings (SSSR count). The molecule has 10 aromatic carbocycles. The van der Waals surface area contributed by atoms with Gasteiger partial charge in [-0.05, 0) is 171 Å². The minimum atomic E-state index is -4.84. The van der Waals surface area contributed by atoms with Crippen molar-refractivity contribution in [3.63, 3.8) is 0 Å². The molecule has 86 heavy (non-hydrogen) atoms. The predicted molar refractivity (Wildman–Crippen MR) is 322 cm³/mol. The molecule has 0 aliphatic heterocycles. The van der Waals surface area contributed by atoms with Crippen molar-refractivity contribution >= 4 is 72.0 Å². The van der Waals surface area contributed by atoms with Gasteiger partial charge >= 0.3 is 6.18 Å². The van der Waals surface area contributed by atoms with Crippen molar-refractivity contribution in [2.24, 2.45) is 0 Å². The maximum Gasteiger partial charge on any atom is 0.415 e. The molecule has 0 N–H and O–H groups in total. The van der Waals surface area contributed by atoms with Gasteiger partial charge in [0.25, 0.3) is 0 Å². The van der Waals surface area contributed by atoms with Crippen LogP contribution >= 0.6 is 0 Å². The minimum absolute atomic E-state index is 0.0777. The van der Waals surface area contributed by atoms with Gasteiger partial charge in [-0.1, -0.05) is 54.6 Å². The lowest BCUT2D eigenvalue weighted by Crippen LogP contribution is -2.07. The largest absolute Gasteiger partial charge is 0.415 e. The Bertz CT molecular complexity index is 4800. The van der Waals surface area contributed by atoms with E-state index in [0.29, 0.717) is 88.1 Å². The third-order valence-electron chi connectivity index (χ3n) is 15.0. The molecule has 15 heteroatoms. The molecule has 0 fully saturated rings. The smallest absolute Gasteiger partial charge is 0.309 e. The van der Waals surface area contributed by atoms with Crippen LogP contribution in [-0.2, 0) is 6.18 Å². The quantitative estimate of drug-likeness (QED) is 0.146. The van der Waals surface area contributed by atoms with E-state index in [1.54, 1.807) is 72.8 Å². The molecule has 394 valence electrons. The number of rotatable bonds is 7. The zero-order valence-corrected chi connectivity index (χ0v) is 44.2. The van der Waals surface area contributed by atoms with Crippen LogP contribution in [0.5, 0.6) is 0 Å². The highest BCUT2D eigenvalue weighted by molar-refractivity contribution is 6.15. The summed E-state index contributed by atoms with van der Waals surface area (Å²) in [6.45, 7) is 39.8. The van der Waals surface area contributed by atoms with E-state index in [4.69, 9.17) is 32.9 Å². The van der Waals surface area contributed by atoms with Gasteiger partial charge in [0, 0.05) is 43.8 Å². The first-order chi connectivity index (χ1) is 41.7. The third kappa shape index (κ3) is 9.09. The molecule has 0 radical (unpaired) electrons. The first kappa shape index (κ1) is 53.1. The van der Waals surface area contributed by atoms with Crippen LogP contribution in [0.2, 0.25) is 0 Å². The van der Waals surface area contributed by atoms with Crippen molar-refractivity contribution in [3.8, 4) is 97.4 Å². The van der Waals surface area contributed by atoms with E-state index in [1.165, 1.54) is 30.3 Å². The van der Waals surface area contributed by atoms with Gasteiger partial charge < -0.3 is 9.13 Å². The second-order valence-corrected chi connectivity index (χ2v) is 19.9. The molecule has 0 atom stereocenters. The van der Waals surface area contributed by atoms with Gasteiger partial charge in [0.2, 0.25) is 0 Å². The van der Waals surface area contributed by atoms with E-state index >= 15 is 0 Å². The van der Waals surface area contributed by atoms with Crippen LogP contribution in [0.15, 0.2) is 176 Å². The highest BCUT2D eigenvalue weighted by Crippen LogP contribution is 2.49. The minimum Gasteiger partial charge on any atom is -0.309 e. The molecular formula is C71H29F3N12. The van der Waals surface area contributed by atoms with Crippen molar-refractivity contribution in [1.29, 1.82) is 26.3 Å². The van der Waals surface area contributed by atoms with Crippen molar-refractivity contribution in [2.45, 2.75) is 6.18 Å². The molecular weight excluding hydrogens is 1080 g/mol. The lowest BCUT2D eigenvalue weighted by atomic mass is 9.95. The number of alkyl halides is 3. The molecule has 0 spiro atoms. The van der Waals surface area contributed by atoms with Gasteiger partial charge in [0.15, 0.2) is 28.4 Å². The Morgan fingerprint density at radius 2 is 0.651 bits per heavy atom. The summed E-state index contributed by atoms with van der Waals surface area (Å²) < 4.78 is 47.9. The number of hydrogen-bond donors (Lipinski definition) is 0. The Hall–Kier alpha value is -13.5. The van der Waals surface area contributed by atoms with Crippen LogP contribution in [0.1, 0.15) is 33.4 Å². The molecule has 0 amide bonds. The number of fused-ring (bicyclic) bond motifs is 6. The average Bonchev–Trinajstić information content (AvgIpc) is 1.56. The van der Waals surface area contributed by atoms with E-state index in [0.717, 1.165) is 12.1 Å². The highest BCUT2D eigenvalue weighted by Gasteiger charge is 2.33. The van der Waals surface area contributed by atoms with Crippen LogP contribution in [0.3, 0.4) is 0 Å². The number of nitrogens with zero attached hydrogens (tertiary/aromatic N) is 12. The first-order valence-corrected chi connectivity index (χ1v) is 25.8. The van der Waals surface area contributed by atoms with Crippen molar-refractivity contribution in [2.75, 3.05) is 0 Å². The summed E-state index contributed by atoms with van der Waals surface area (Å²) in [6, 6.07) is 58.3. The second-order valence-electron chi connectivity index (χ2n) is 19.9. The zero-order chi connectivity index (χ0) is 60.1. The Balaban J connectivity index is 1.23. The summed E-state index contributed by atoms with van der Waals surface area (Å²) in [6.07, 6.45) is -4.84. The van der Waals surface area contributed by atoms with Crippen LogP contribution in [0.25, 0.3) is 135 Å². The Kier molecular flexibility index (Phi) is 12.9. The molecule has 2 heterocycles. The van der Waals surface area contributed by atoms with Gasteiger partial charge in [-0.15, -0.1) is 0 Å². The van der Waals surface area contributed by atoms with E-state index in [9.17, 15) is 39.5 Å². The van der Waals surface area contributed by atoms with Gasteiger partial charge in [0.1, 0.15) is 0 Å². The fraction of sp³-hybridized carbons (Fsp3) is 0.0141. The van der Waals surface area contributed by atoms with Crippen LogP contribution in [0.4, 0.5) is 41.6 Å². The molecule has 0 aliphatic carbocycles. The normalized spacial score (nSPS) is 10.8. The Morgan fingerprint density at radius 3 is 0.988 bits per heavy atom. The summed E-state index contributed by atoms with van der Waals surface area (Å²) in [4.78, 5) is 18.2. The van der Waals surface area contributed by atoms with Gasteiger partial charge in [0.05, 0.1) is 113 Å². The average molecular weight is 1110 g/mol. The third-order valence-corrected chi connectivity index (χ3v) is 15.0. The van der Waals surface area contributed by atoms with Gasteiger partial charge in [-0.2, -0.15) is 39.5 Å². The van der Waals surface area contributed by atoms with E-state index < -0.39 is 11.7 Å². The standard InChI is InChI=1S/C71H29F3N12/c1-80-54-21-42(37-77)19-50(25-54)46-7-13-65-60(30-46)59-29-45(49-17-40(35-75)16-41(18-49)36-76)6-12-64(59)85(65)68-23-44(39-79)24-69(70(68)58-11-10-53(71(72,73)74)33-63(58)84-5)86-66-14-8-47(51-20-43(38-78)22-55(26-51)81-2)31-61(66)62-32-48(9-15-67(62)86)52-27-56(82-3)34-57(28-52)83-4/h6-34H. The Labute approximate surface area is 488 Å². The van der Waals surface area contributed by atoms with Crippen molar-refractivity contribution in [3.05, 3.63) is 266 Å². The number of nitriles is 5. The van der Waals surface area contributed by atoms with Crippen LogP contribution < -0.4 is 0 Å². The lowest BCUT2D eigenvalue weighted by molar-refractivity contribution is -0.137. The fourth-order valence-corrected chi connectivity index (χ4v) is 11.2. The first-order valence-electron chi connectivity index (χ1n) is 25.8. The summed E-state index contributed by atoms with van der Waals surface area (Å²) >= 11 is 0. The monoisotopic (exact) mass is 1110 g/mol. The predicted octanol–water partition coefficient (Wildman–Crippen LogP) is 19.3. The summed E-state index contributed by atoms with van der Waals surface area (Å²) in [7, 11) is 0. The van der Waals surface area contributed by atoms with E-state index in [1.807, 2.05) is 69.8 Å². The molecule has 0 saturated carbocycles. The van der Waals surface area contributed by atoms with Gasteiger partial charge in [-0.25, -0.2) is 24.2 Å².